The van der Waals surface area contributed by atoms with E-state index in [1.54, 1.807) is 13.8 Å². The van der Waals surface area contributed by atoms with E-state index in [2.05, 4.69) is 20.9 Å². The number of nitrogens with zero attached hydrogens (tertiary/aromatic N) is 1. The Morgan fingerprint density at radius 2 is 1.50 bits per heavy atom. The van der Waals surface area contributed by atoms with Crippen LogP contribution in [-0.4, -0.2) is 83.4 Å². The first kappa shape index (κ1) is 32.9. The van der Waals surface area contributed by atoms with Crippen LogP contribution in [0.5, 0.6) is 0 Å². The van der Waals surface area contributed by atoms with Crippen LogP contribution in [0.25, 0.3) is 0 Å². The number of amides is 4. The van der Waals surface area contributed by atoms with Crippen LogP contribution in [0.2, 0.25) is 0 Å². The second kappa shape index (κ2) is 17.4. The van der Waals surface area contributed by atoms with Gasteiger partial charge in [-0.15, -0.1) is 0 Å². The molecule has 0 saturated carbocycles. The Hall–Kier alpha value is -3.07. The molecule has 0 aromatic carbocycles. The highest BCUT2D eigenvalue weighted by molar-refractivity contribution is 7.98. The lowest BCUT2D eigenvalue weighted by Gasteiger charge is -2.27. The molecule has 0 aliphatic carbocycles. The smallest absolute Gasteiger partial charge is 0.326 e. The third kappa shape index (κ3) is 13.7. The number of hydrogen-bond donors (Lipinski definition) is 8. The van der Waals surface area contributed by atoms with Gasteiger partial charge >= 0.3 is 5.97 Å². The minimum absolute atomic E-state index is 0.0844. The highest BCUT2D eigenvalue weighted by atomic mass is 32.2. The molecular weight excluding hydrogens is 492 g/mol. The summed E-state index contributed by atoms with van der Waals surface area (Å²) >= 11 is 1.44. The van der Waals surface area contributed by atoms with Crippen LogP contribution in [0.15, 0.2) is 4.99 Å². The molecule has 0 fully saturated rings. The lowest BCUT2D eigenvalue weighted by molar-refractivity contribution is -0.142. The first-order chi connectivity index (χ1) is 16.8. The topological polar surface area (TPSA) is 258 Å². The molecule has 206 valence electrons. The van der Waals surface area contributed by atoms with E-state index in [0.29, 0.717) is 12.2 Å². The number of hydrogen-bond acceptors (Lipinski definition) is 8. The molecule has 0 aliphatic rings. The molecule has 4 unspecified atom stereocenters. The van der Waals surface area contributed by atoms with E-state index in [9.17, 15) is 29.1 Å². The molecule has 0 aliphatic heterocycles. The van der Waals surface area contributed by atoms with E-state index in [1.807, 2.05) is 6.26 Å². The average Bonchev–Trinajstić information content (AvgIpc) is 2.79. The van der Waals surface area contributed by atoms with Crippen LogP contribution in [0.1, 0.15) is 46.0 Å². The fraction of sp³-hybridized carbons (Fsp3) is 0.714. The van der Waals surface area contributed by atoms with Crippen molar-refractivity contribution in [2.45, 2.75) is 70.1 Å². The number of guanidine groups is 1. The van der Waals surface area contributed by atoms with Crippen LogP contribution in [-0.2, 0) is 24.0 Å². The number of carboxylic acid groups (broad SMARTS) is 1. The summed E-state index contributed by atoms with van der Waals surface area (Å²) < 4.78 is 0. The number of carbonyl (C=O) groups is 5. The van der Waals surface area contributed by atoms with Gasteiger partial charge < -0.3 is 44.0 Å². The lowest BCUT2D eigenvalue weighted by atomic mass is 10.0. The van der Waals surface area contributed by atoms with Crippen molar-refractivity contribution in [3.8, 4) is 0 Å². The van der Waals surface area contributed by atoms with Crippen molar-refractivity contribution in [2.75, 3.05) is 18.6 Å². The van der Waals surface area contributed by atoms with Crippen molar-refractivity contribution in [1.29, 1.82) is 0 Å². The summed E-state index contributed by atoms with van der Waals surface area (Å²) in [4.78, 5) is 64.9. The first-order valence-electron chi connectivity index (χ1n) is 11.5. The van der Waals surface area contributed by atoms with Gasteiger partial charge in [-0.3, -0.25) is 24.2 Å². The Labute approximate surface area is 215 Å². The Morgan fingerprint density at radius 3 is 2.00 bits per heavy atom. The van der Waals surface area contributed by atoms with E-state index in [-0.39, 0.29) is 38.2 Å². The van der Waals surface area contributed by atoms with Gasteiger partial charge in [0.15, 0.2) is 5.96 Å². The molecule has 0 aromatic rings. The zero-order valence-corrected chi connectivity index (χ0v) is 21.8. The second-order valence-corrected chi connectivity index (χ2v) is 9.52. The maximum Gasteiger partial charge on any atom is 0.326 e. The first-order valence-corrected chi connectivity index (χ1v) is 12.9. The minimum atomic E-state index is -1.20. The van der Waals surface area contributed by atoms with E-state index >= 15 is 0 Å². The van der Waals surface area contributed by atoms with Crippen LogP contribution in [0, 0.1) is 5.92 Å². The molecule has 0 saturated heterocycles. The third-order valence-electron chi connectivity index (χ3n) is 5.09. The molecule has 0 rings (SSSR count). The summed E-state index contributed by atoms with van der Waals surface area (Å²) in [5.41, 5.74) is 21.6. The van der Waals surface area contributed by atoms with Crippen LogP contribution in [0.3, 0.4) is 0 Å². The van der Waals surface area contributed by atoms with Crippen molar-refractivity contribution in [2.24, 2.45) is 33.8 Å². The summed E-state index contributed by atoms with van der Waals surface area (Å²) in [7, 11) is 0. The summed E-state index contributed by atoms with van der Waals surface area (Å²) in [5.74, 6) is -3.90. The number of aliphatic carboxylic acids is 1. The summed E-state index contributed by atoms with van der Waals surface area (Å²) in [6, 6.07) is -4.38. The fourth-order valence-electron chi connectivity index (χ4n) is 3.03. The molecule has 0 radical (unpaired) electrons. The summed E-state index contributed by atoms with van der Waals surface area (Å²) in [6.07, 6.45) is 2.35. The van der Waals surface area contributed by atoms with E-state index in [1.165, 1.54) is 11.8 Å². The van der Waals surface area contributed by atoms with E-state index in [0.717, 1.165) is 0 Å². The fourth-order valence-corrected chi connectivity index (χ4v) is 3.50. The molecule has 0 spiro atoms. The van der Waals surface area contributed by atoms with Crippen molar-refractivity contribution in [3.63, 3.8) is 0 Å². The predicted molar refractivity (Wildman–Crippen MR) is 138 cm³/mol. The largest absolute Gasteiger partial charge is 0.480 e. The van der Waals surface area contributed by atoms with Gasteiger partial charge in [0, 0.05) is 13.0 Å². The number of primary amides is 1. The molecule has 12 N–H and O–H groups in total. The van der Waals surface area contributed by atoms with Gasteiger partial charge in [0.25, 0.3) is 0 Å². The molecule has 14 nitrogen and oxygen atoms in total. The van der Waals surface area contributed by atoms with Crippen molar-refractivity contribution in [1.82, 2.24) is 16.0 Å². The molecule has 0 heterocycles. The number of thioether (sulfide) groups is 1. The normalized spacial score (nSPS) is 14.1. The maximum atomic E-state index is 13.0. The quantitative estimate of drug-likeness (QED) is 0.0526. The van der Waals surface area contributed by atoms with Gasteiger partial charge in [-0.1, -0.05) is 13.8 Å². The molecule has 4 amide bonds. The number of carboxylic acids is 1. The highest BCUT2D eigenvalue weighted by Crippen LogP contribution is 2.08. The summed E-state index contributed by atoms with van der Waals surface area (Å²) in [5, 5.41) is 16.9. The van der Waals surface area contributed by atoms with Gasteiger partial charge in [0.05, 0.1) is 6.04 Å². The summed E-state index contributed by atoms with van der Waals surface area (Å²) in [6.45, 7) is 3.62. The monoisotopic (exact) mass is 532 g/mol. The number of carbonyl (C=O) groups excluding carboxylic acids is 4. The standard InChI is InChI=1S/C21H40N8O6S/c1-11(2)16(19(33)28-14(20(34)35)8-10-36-3)29-18(32)13(6-7-15(23)30)27-17(31)12(22)5-4-9-26-21(24)25/h11-14,16H,4-10,22H2,1-3H3,(H2,23,30)(H,27,31)(H,28,33)(H,29,32)(H,34,35)(H4,24,25,26). The van der Waals surface area contributed by atoms with Crippen LogP contribution >= 0.6 is 11.8 Å². The number of nitrogens with two attached hydrogens (primary N) is 4. The molecule has 0 aromatic heterocycles. The van der Waals surface area contributed by atoms with Crippen molar-refractivity contribution < 1.29 is 29.1 Å². The minimum Gasteiger partial charge on any atom is -0.480 e. The molecule has 15 heteroatoms. The Balaban J connectivity index is 5.37. The highest BCUT2D eigenvalue weighted by Gasteiger charge is 2.31. The lowest BCUT2D eigenvalue weighted by Crippen LogP contribution is -2.58. The van der Waals surface area contributed by atoms with Gasteiger partial charge in [-0.25, -0.2) is 4.79 Å². The average molecular weight is 533 g/mol. The predicted octanol–water partition coefficient (Wildman–Crippen LogP) is -2.42. The molecular formula is C21H40N8O6S. The Bertz CT molecular complexity index is 790. The van der Waals surface area contributed by atoms with Crippen LogP contribution in [0.4, 0.5) is 0 Å². The second-order valence-electron chi connectivity index (χ2n) is 8.53. The molecule has 36 heavy (non-hydrogen) atoms. The third-order valence-corrected chi connectivity index (χ3v) is 5.73. The van der Waals surface area contributed by atoms with Gasteiger partial charge in [0.2, 0.25) is 23.6 Å². The zero-order valence-electron chi connectivity index (χ0n) is 21.0. The Morgan fingerprint density at radius 1 is 0.889 bits per heavy atom. The maximum absolute atomic E-state index is 13.0. The van der Waals surface area contributed by atoms with Gasteiger partial charge in [-0.2, -0.15) is 11.8 Å². The number of aliphatic imine (C=N–C) groups is 1. The molecule has 0 bridgehead atoms. The molecule has 4 atom stereocenters. The Kier molecular flexibility index (Phi) is 15.9. The van der Waals surface area contributed by atoms with Crippen molar-refractivity contribution in [3.05, 3.63) is 0 Å². The van der Waals surface area contributed by atoms with E-state index < -0.39 is 59.7 Å². The van der Waals surface area contributed by atoms with Gasteiger partial charge in [-0.05, 0) is 43.6 Å². The number of rotatable bonds is 18. The van der Waals surface area contributed by atoms with E-state index in [4.69, 9.17) is 22.9 Å². The SMILES string of the molecule is CSCCC(NC(=O)C(NC(=O)C(CCC(N)=O)NC(=O)C(N)CCCN=C(N)N)C(C)C)C(=O)O. The van der Waals surface area contributed by atoms with Gasteiger partial charge in [0.1, 0.15) is 18.1 Å². The zero-order chi connectivity index (χ0) is 27.8. The van der Waals surface area contributed by atoms with Crippen molar-refractivity contribution >= 4 is 47.3 Å². The number of nitrogens with one attached hydrogen (secondary N) is 3. The van der Waals surface area contributed by atoms with Crippen LogP contribution < -0.4 is 38.9 Å².